The molecule has 0 unspecified atom stereocenters. The molecular formula is C51H82O23. The molecule has 23 heteroatoms. The third-order valence-corrected chi connectivity index (χ3v) is 19.2. The molecule has 5 saturated heterocycles. The van der Waals surface area contributed by atoms with E-state index in [4.69, 9.17) is 42.6 Å². The van der Waals surface area contributed by atoms with E-state index in [-0.39, 0.29) is 41.8 Å². The van der Waals surface area contributed by atoms with Crippen LogP contribution >= 0.6 is 0 Å². The highest BCUT2D eigenvalue weighted by Crippen LogP contribution is 2.70. The molecule has 9 aliphatic rings. The van der Waals surface area contributed by atoms with Gasteiger partial charge in [-0.15, -0.1) is 0 Å². The average molecular weight is 1060 g/mol. The summed E-state index contributed by atoms with van der Waals surface area (Å²) in [5, 5.41) is 148. The van der Waals surface area contributed by atoms with Gasteiger partial charge in [-0.2, -0.15) is 0 Å². The quantitative estimate of drug-likeness (QED) is 0.0723. The summed E-state index contributed by atoms with van der Waals surface area (Å²) in [5.41, 5.74) is 1.59. The van der Waals surface area contributed by atoms with Gasteiger partial charge in [0.15, 0.2) is 30.9 Å². The van der Waals surface area contributed by atoms with Gasteiger partial charge in [-0.1, -0.05) is 44.6 Å². The first-order valence-electron chi connectivity index (χ1n) is 26.6. The zero-order valence-corrected chi connectivity index (χ0v) is 42.5. The summed E-state index contributed by atoms with van der Waals surface area (Å²) in [7, 11) is 0. The van der Waals surface area contributed by atoms with E-state index in [1.54, 1.807) is 0 Å². The van der Waals surface area contributed by atoms with Gasteiger partial charge in [0.25, 0.3) is 0 Å². The molecule has 30 atom stereocenters. The fourth-order valence-corrected chi connectivity index (χ4v) is 14.8. The maximum absolute atomic E-state index is 12.1. The van der Waals surface area contributed by atoms with Gasteiger partial charge in [0.05, 0.1) is 44.7 Å². The highest BCUT2D eigenvalue weighted by Gasteiger charge is 2.68. The van der Waals surface area contributed by atoms with Crippen LogP contribution in [0.5, 0.6) is 0 Å². The standard InChI is InChI=1S/C51H82O23/c1-20(19-66-45-39(61)37(59)34(56)29(16-52)69-45)8-13-51(65)21(2)32-28(74-51)15-27-25-7-6-23-14-24(9-11-49(23,4)26(25)10-12-50(27,32)5)68-48-44(73-46-40(62)36(58)33(55)22(3)67-46)42(64)43(31(18-54)71-48)72-47-41(63)38(60)35(57)30(17-53)70-47/h6,21-22,24-48,52-65H,1,7-19H2,2-5H3/t21-,22-,24-,25+,26-,27-,28-,29+,30+,31+,32-,33-,34+,35+,36+,37-,38-,39+,40+,41+,42-,43+,44+,45+,46-,47-,48+,49-,50-,51+/m0/s1. The zero-order valence-electron chi connectivity index (χ0n) is 42.5. The molecule has 23 nitrogen and oxygen atoms in total. The molecule has 424 valence electrons. The summed E-state index contributed by atoms with van der Waals surface area (Å²) in [6, 6.07) is 0. The van der Waals surface area contributed by atoms with Crippen LogP contribution in [0.15, 0.2) is 23.8 Å². The van der Waals surface area contributed by atoms with Gasteiger partial charge < -0.3 is 114 Å². The van der Waals surface area contributed by atoms with Gasteiger partial charge in [0.2, 0.25) is 0 Å². The van der Waals surface area contributed by atoms with Gasteiger partial charge in [-0.3, -0.25) is 0 Å². The fourth-order valence-electron chi connectivity index (χ4n) is 14.8. The molecule has 0 bridgehead atoms. The lowest BCUT2D eigenvalue weighted by atomic mass is 9.47. The molecule has 8 fully saturated rings. The number of ether oxygens (including phenoxy) is 9. The predicted octanol–water partition coefficient (Wildman–Crippen LogP) is -3.09. The summed E-state index contributed by atoms with van der Waals surface area (Å²) in [6.45, 7) is 10.2. The number of rotatable bonds is 15. The molecule has 3 saturated carbocycles. The van der Waals surface area contributed by atoms with Gasteiger partial charge in [-0.25, -0.2) is 0 Å². The molecule has 0 amide bonds. The summed E-state index contributed by atoms with van der Waals surface area (Å²) in [5.74, 6) is -0.401. The van der Waals surface area contributed by atoms with Crippen LogP contribution in [0.25, 0.3) is 0 Å². The fraction of sp³-hybridized carbons (Fsp3) is 0.922. The summed E-state index contributed by atoms with van der Waals surface area (Å²) >= 11 is 0. The minimum Gasteiger partial charge on any atom is -0.394 e. The van der Waals surface area contributed by atoms with Crippen molar-refractivity contribution < 1.29 is 114 Å². The van der Waals surface area contributed by atoms with E-state index < -0.39 is 155 Å². The Balaban J connectivity index is 0.849. The second kappa shape index (κ2) is 22.2. The Morgan fingerprint density at radius 3 is 1.88 bits per heavy atom. The normalized spacial score (nSPS) is 54.4. The van der Waals surface area contributed by atoms with Crippen LogP contribution in [0.1, 0.15) is 85.5 Å². The molecular weight excluding hydrogens is 981 g/mol. The second-order valence-corrected chi connectivity index (χ2v) is 23.4. The number of hydrogen-bond acceptors (Lipinski definition) is 23. The van der Waals surface area contributed by atoms with Gasteiger partial charge in [0, 0.05) is 12.3 Å². The molecule has 5 aliphatic heterocycles. The van der Waals surface area contributed by atoms with Crippen LogP contribution in [-0.2, 0) is 42.6 Å². The van der Waals surface area contributed by atoms with Crippen molar-refractivity contribution in [2.75, 3.05) is 26.4 Å². The van der Waals surface area contributed by atoms with Crippen molar-refractivity contribution in [1.29, 1.82) is 0 Å². The highest BCUT2D eigenvalue weighted by atomic mass is 16.8. The number of fused-ring (bicyclic) bond motifs is 7. The van der Waals surface area contributed by atoms with E-state index in [1.165, 1.54) is 12.5 Å². The smallest absolute Gasteiger partial charge is 0.187 e. The van der Waals surface area contributed by atoms with Crippen LogP contribution in [0.4, 0.5) is 0 Å². The van der Waals surface area contributed by atoms with Crippen molar-refractivity contribution in [3.8, 4) is 0 Å². The van der Waals surface area contributed by atoms with Crippen molar-refractivity contribution in [3.63, 3.8) is 0 Å². The van der Waals surface area contributed by atoms with Gasteiger partial charge >= 0.3 is 0 Å². The minimum absolute atomic E-state index is 0.0495. The van der Waals surface area contributed by atoms with Crippen LogP contribution in [0.3, 0.4) is 0 Å². The first-order chi connectivity index (χ1) is 35.0. The Morgan fingerprint density at radius 2 is 1.23 bits per heavy atom. The van der Waals surface area contributed by atoms with E-state index in [1.807, 2.05) is 0 Å². The zero-order chi connectivity index (χ0) is 53.5. The number of hydrogen-bond donors (Lipinski definition) is 14. The Labute approximate surface area is 430 Å². The molecule has 5 heterocycles. The summed E-state index contributed by atoms with van der Waals surface area (Å²) in [6.07, 6.45) is -22.8. The molecule has 14 N–H and O–H groups in total. The van der Waals surface area contributed by atoms with E-state index >= 15 is 0 Å². The number of allylic oxidation sites excluding steroid dienone is 1. The lowest BCUT2D eigenvalue weighted by molar-refractivity contribution is -0.389. The van der Waals surface area contributed by atoms with E-state index in [0.717, 1.165) is 32.1 Å². The third-order valence-electron chi connectivity index (χ3n) is 19.2. The van der Waals surface area contributed by atoms with Crippen molar-refractivity contribution in [2.24, 2.45) is 40.4 Å². The van der Waals surface area contributed by atoms with Crippen molar-refractivity contribution in [1.82, 2.24) is 0 Å². The third kappa shape index (κ3) is 10.1. The van der Waals surface area contributed by atoms with Crippen LogP contribution in [0.2, 0.25) is 0 Å². The topological polar surface area (TPSA) is 366 Å². The lowest BCUT2D eigenvalue weighted by Crippen LogP contribution is -2.67. The molecule has 9 rings (SSSR count). The maximum atomic E-state index is 12.1. The summed E-state index contributed by atoms with van der Waals surface area (Å²) < 4.78 is 54.2. The SMILES string of the molecule is C=C(CC[C@@]1(O)O[C@H]2C[C@H]3[C@@H]4CC=C5C[C@@H](O[C@@H]6O[C@H](CO)[C@@H](O[C@@H]7O[C@H](CO)[C@@H](O)[C@H](O)[C@H]7O)[C@H](O)[C@H]6O[C@@H]6O[C@@H](C)[C@H](O)[C@@H](O)[C@H]6O)CC[C@]5(C)[C@H]4CC[C@]3(C)[C@H]2[C@@H]1C)CO[C@@H]1O[C@H](CO)[C@@H](O)[C@H](O)[C@H]1O. The van der Waals surface area contributed by atoms with Crippen molar-refractivity contribution in [2.45, 2.75) is 226 Å². The maximum Gasteiger partial charge on any atom is 0.187 e. The van der Waals surface area contributed by atoms with Crippen LogP contribution in [-0.4, -0.2) is 239 Å². The minimum atomic E-state index is -1.86. The molecule has 0 aromatic carbocycles. The Kier molecular flexibility index (Phi) is 17.2. The average Bonchev–Trinajstić information content (AvgIpc) is 3.82. The number of aliphatic hydroxyl groups excluding tert-OH is 13. The first-order valence-corrected chi connectivity index (χ1v) is 26.6. The molecule has 4 aliphatic carbocycles. The predicted molar refractivity (Wildman–Crippen MR) is 250 cm³/mol. The van der Waals surface area contributed by atoms with E-state index in [0.29, 0.717) is 42.6 Å². The Morgan fingerprint density at radius 1 is 0.649 bits per heavy atom. The Bertz CT molecular complexity index is 1960. The van der Waals surface area contributed by atoms with Crippen LogP contribution < -0.4 is 0 Å². The number of aliphatic hydroxyl groups is 14. The Hall–Kier alpha value is -1.44. The molecule has 74 heavy (non-hydrogen) atoms. The highest BCUT2D eigenvalue weighted by molar-refractivity contribution is 5.26. The lowest BCUT2D eigenvalue weighted by Gasteiger charge is -2.58. The van der Waals surface area contributed by atoms with E-state index in [2.05, 4.69) is 33.4 Å². The monoisotopic (exact) mass is 1060 g/mol. The molecule has 0 aromatic heterocycles. The molecule has 0 aromatic rings. The van der Waals surface area contributed by atoms with Crippen molar-refractivity contribution >= 4 is 0 Å². The second-order valence-electron chi connectivity index (χ2n) is 23.4. The molecule has 0 radical (unpaired) electrons. The molecule has 0 spiro atoms. The van der Waals surface area contributed by atoms with Crippen LogP contribution in [0, 0.1) is 40.4 Å². The largest absolute Gasteiger partial charge is 0.394 e. The van der Waals surface area contributed by atoms with E-state index in [9.17, 15) is 71.5 Å². The first kappa shape index (κ1) is 57.3. The van der Waals surface area contributed by atoms with Crippen molar-refractivity contribution in [3.05, 3.63) is 23.8 Å². The van der Waals surface area contributed by atoms with Gasteiger partial charge in [0.1, 0.15) is 91.6 Å². The summed E-state index contributed by atoms with van der Waals surface area (Å²) in [4.78, 5) is 0. The van der Waals surface area contributed by atoms with Gasteiger partial charge in [-0.05, 0) is 92.8 Å².